The van der Waals surface area contributed by atoms with Gasteiger partial charge in [0.05, 0.1) is 10.9 Å². The van der Waals surface area contributed by atoms with Gasteiger partial charge in [0.2, 0.25) is 10.0 Å². The summed E-state index contributed by atoms with van der Waals surface area (Å²) < 4.78 is 26.5. The predicted octanol–water partition coefficient (Wildman–Crippen LogP) is 3.58. The van der Waals surface area contributed by atoms with Gasteiger partial charge in [-0.15, -0.1) is 24.0 Å². The molecule has 2 aromatic carbocycles. The lowest BCUT2D eigenvalue weighted by Crippen LogP contribution is -2.38. The minimum absolute atomic E-state index is 0. The average Bonchev–Trinajstić information content (AvgIpc) is 3.31. The molecule has 0 saturated carbocycles. The smallest absolute Gasteiger partial charge is 0.242 e. The summed E-state index contributed by atoms with van der Waals surface area (Å²) in [5.74, 6) is 0.621. The Hall–Kier alpha value is -1.85. The van der Waals surface area contributed by atoms with Crippen molar-refractivity contribution in [3.05, 3.63) is 59.7 Å². The molecule has 32 heavy (non-hydrogen) atoms. The van der Waals surface area contributed by atoms with E-state index < -0.39 is 10.0 Å². The van der Waals surface area contributed by atoms with Crippen LogP contribution in [-0.2, 0) is 16.6 Å². The third-order valence-corrected chi connectivity index (χ3v) is 7.51. The Labute approximate surface area is 209 Å². The van der Waals surface area contributed by atoms with Crippen molar-refractivity contribution in [3.8, 4) is 0 Å². The van der Waals surface area contributed by atoms with Crippen molar-refractivity contribution in [2.75, 3.05) is 39.1 Å². The molecule has 2 aromatic rings. The SMILES string of the molecule is CN=C(NCc1ccccc1S(=O)(=O)N(C)C)NC(C)c1cccc(N2CCCC2)c1.I. The summed E-state index contributed by atoms with van der Waals surface area (Å²) in [5, 5.41) is 6.67. The first-order chi connectivity index (χ1) is 14.8. The molecule has 0 spiro atoms. The largest absolute Gasteiger partial charge is 0.372 e. The Morgan fingerprint density at radius 3 is 2.47 bits per heavy atom. The van der Waals surface area contributed by atoms with Crippen LogP contribution in [0.3, 0.4) is 0 Å². The Kier molecular flexibility index (Phi) is 9.78. The second-order valence-electron chi connectivity index (χ2n) is 7.98. The van der Waals surface area contributed by atoms with Crippen molar-refractivity contribution in [2.24, 2.45) is 4.99 Å². The molecule has 7 nitrogen and oxygen atoms in total. The fraction of sp³-hybridized carbons (Fsp3) is 0.435. The third-order valence-electron chi connectivity index (χ3n) is 5.60. The third kappa shape index (κ3) is 6.35. The van der Waals surface area contributed by atoms with E-state index in [2.05, 4.69) is 51.7 Å². The summed E-state index contributed by atoms with van der Waals surface area (Å²) in [7, 11) is 1.28. The van der Waals surface area contributed by atoms with E-state index in [0.29, 0.717) is 23.0 Å². The van der Waals surface area contributed by atoms with Crippen LogP contribution < -0.4 is 15.5 Å². The fourth-order valence-corrected chi connectivity index (χ4v) is 4.84. The summed E-state index contributed by atoms with van der Waals surface area (Å²) in [4.78, 5) is 7.04. The highest BCUT2D eigenvalue weighted by Crippen LogP contribution is 2.24. The minimum atomic E-state index is -3.51. The molecule has 0 radical (unpaired) electrons. The quantitative estimate of drug-likeness (QED) is 0.302. The van der Waals surface area contributed by atoms with Crippen molar-refractivity contribution in [3.63, 3.8) is 0 Å². The van der Waals surface area contributed by atoms with Crippen LogP contribution in [0.2, 0.25) is 0 Å². The highest BCUT2D eigenvalue weighted by Gasteiger charge is 2.21. The van der Waals surface area contributed by atoms with Crippen molar-refractivity contribution < 1.29 is 8.42 Å². The maximum absolute atomic E-state index is 12.6. The van der Waals surface area contributed by atoms with Gasteiger partial charge in [0.15, 0.2) is 5.96 Å². The number of anilines is 1. The number of benzene rings is 2. The number of hydrogen-bond acceptors (Lipinski definition) is 4. The number of nitrogens with one attached hydrogen (secondary N) is 2. The van der Waals surface area contributed by atoms with Crippen LogP contribution >= 0.6 is 24.0 Å². The highest BCUT2D eigenvalue weighted by molar-refractivity contribution is 14.0. The molecule has 176 valence electrons. The van der Waals surface area contributed by atoms with E-state index in [1.165, 1.54) is 42.5 Å². The first-order valence-electron chi connectivity index (χ1n) is 10.7. The number of hydrogen-bond donors (Lipinski definition) is 2. The van der Waals surface area contributed by atoms with Gasteiger partial charge in [0.1, 0.15) is 0 Å². The van der Waals surface area contributed by atoms with Crippen molar-refractivity contribution in [2.45, 2.75) is 37.2 Å². The summed E-state index contributed by atoms with van der Waals surface area (Å²) in [6.07, 6.45) is 2.50. The Bertz CT molecular complexity index is 1020. The molecule has 1 aliphatic heterocycles. The Balaban J connectivity index is 0.00000363. The standard InChI is InChI=1S/C23H33N5O2S.HI/c1-18(19-11-9-12-21(16-19)28-14-7-8-15-28)26-23(24-2)25-17-20-10-5-6-13-22(20)31(29,30)27(3)4;/h5-6,9-13,16,18H,7-8,14-15,17H2,1-4H3,(H2,24,25,26);1H. The number of sulfonamides is 1. The fourth-order valence-electron chi connectivity index (χ4n) is 3.73. The second-order valence-corrected chi connectivity index (χ2v) is 10.1. The first kappa shape index (κ1) is 26.4. The van der Waals surface area contributed by atoms with Gasteiger partial charge >= 0.3 is 0 Å². The van der Waals surface area contributed by atoms with Crippen LogP contribution in [0, 0.1) is 0 Å². The van der Waals surface area contributed by atoms with E-state index in [1.54, 1.807) is 19.2 Å². The molecule has 0 amide bonds. The van der Waals surface area contributed by atoms with Gasteiger partial charge < -0.3 is 15.5 Å². The molecule has 2 N–H and O–H groups in total. The van der Waals surface area contributed by atoms with Crippen LogP contribution in [0.25, 0.3) is 0 Å². The lowest BCUT2D eigenvalue weighted by atomic mass is 10.1. The maximum Gasteiger partial charge on any atom is 0.242 e. The molecule has 1 saturated heterocycles. The van der Waals surface area contributed by atoms with Crippen LogP contribution in [-0.4, -0.2) is 52.9 Å². The number of halogens is 1. The molecule has 3 rings (SSSR count). The predicted molar refractivity (Wildman–Crippen MR) is 142 cm³/mol. The molecule has 1 atom stereocenters. The zero-order chi connectivity index (χ0) is 22.4. The van der Waals surface area contributed by atoms with Crippen LogP contribution in [0.1, 0.15) is 36.9 Å². The van der Waals surface area contributed by atoms with Gasteiger partial charge in [-0.2, -0.15) is 0 Å². The van der Waals surface area contributed by atoms with E-state index in [-0.39, 0.29) is 30.0 Å². The number of aliphatic imine (C=N–C) groups is 1. The summed E-state index contributed by atoms with van der Waals surface area (Å²) in [6, 6.07) is 15.7. The van der Waals surface area contributed by atoms with Gasteiger partial charge in [0.25, 0.3) is 0 Å². The molecule has 0 bridgehead atoms. The van der Waals surface area contributed by atoms with Crippen molar-refractivity contribution >= 4 is 45.6 Å². The lowest BCUT2D eigenvalue weighted by Gasteiger charge is -2.22. The monoisotopic (exact) mass is 571 g/mol. The normalized spacial score (nSPS) is 15.4. The van der Waals surface area contributed by atoms with Crippen molar-refractivity contribution in [1.29, 1.82) is 0 Å². The number of nitrogens with zero attached hydrogens (tertiary/aromatic N) is 3. The molecular weight excluding hydrogens is 537 g/mol. The Morgan fingerprint density at radius 2 is 1.81 bits per heavy atom. The zero-order valence-corrected chi connectivity index (χ0v) is 22.4. The second kappa shape index (κ2) is 11.9. The molecular formula is C23H34IN5O2S. The van der Waals surface area contributed by atoms with E-state index in [0.717, 1.165) is 13.1 Å². The molecule has 0 aliphatic carbocycles. The summed E-state index contributed by atoms with van der Waals surface area (Å²) in [5.41, 5.74) is 3.14. The molecule has 0 aromatic heterocycles. The molecule has 1 unspecified atom stereocenters. The highest BCUT2D eigenvalue weighted by atomic mass is 127. The maximum atomic E-state index is 12.6. The van der Waals surface area contributed by atoms with Crippen LogP contribution in [0.5, 0.6) is 0 Å². The number of rotatable bonds is 7. The van der Waals surface area contributed by atoms with E-state index >= 15 is 0 Å². The molecule has 9 heteroatoms. The van der Waals surface area contributed by atoms with Gasteiger partial charge in [-0.25, -0.2) is 12.7 Å². The van der Waals surface area contributed by atoms with Crippen molar-refractivity contribution in [1.82, 2.24) is 14.9 Å². The average molecular weight is 572 g/mol. The van der Waals surface area contributed by atoms with Crippen LogP contribution in [0.15, 0.2) is 58.4 Å². The summed E-state index contributed by atoms with van der Waals surface area (Å²) in [6.45, 7) is 4.68. The zero-order valence-electron chi connectivity index (χ0n) is 19.2. The first-order valence-corrected chi connectivity index (χ1v) is 12.1. The molecule has 1 heterocycles. The van der Waals surface area contributed by atoms with Crippen LogP contribution in [0.4, 0.5) is 5.69 Å². The minimum Gasteiger partial charge on any atom is -0.372 e. The van der Waals surface area contributed by atoms with Gasteiger partial charge in [-0.05, 0) is 49.1 Å². The molecule has 1 fully saturated rings. The van der Waals surface area contributed by atoms with E-state index in [1.807, 2.05) is 12.1 Å². The summed E-state index contributed by atoms with van der Waals surface area (Å²) >= 11 is 0. The lowest BCUT2D eigenvalue weighted by molar-refractivity contribution is 0.519. The van der Waals surface area contributed by atoms with Gasteiger partial charge in [0, 0.05) is 46.5 Å². The van der Waals surface area contributed by atoms with E-state index in [9.17, 15) is 8.42 Å². The van der Waals surface area contributed by atoms with Gasteiger partial charge in [-0.3, -0.25) is 4.99 Å². The van der Waals surface area contributed by atoms with E-state index in [4.69, 9.17) is 0 Å². The molecule has 1 aliphatic rings. The number of guanidine groups is 1. The Morgan fingerprint density at radius 1 is 1.12 bits per heavy atom. The topological polar surface area (TPSA) is 77.0 Å². The van der Waals surface area contributed by atoms with Gasteiger partial charge in [-0.1, -0.05) is 30.3 Å².